The molecule has 0 saturated carbocycles. The molecule has 1 aliphatic rings. The Morgan fingerprint density at radius 2 is 1.76 bits per heavy atom. The number of aromatic nitrogens is 1. The highest BCUT2D eigenvalue weighted by molar-refractivity contribution is 6.45. The number of likely N-dealkylation sites (N-methyl/N-ethyl adjacent to an activating group) is 1. The first-order valence-electron chi connectivity index (χ1n) is 12.3. The van der Waals surface area contributed by atoms with Crippen LogP contribution in [0.15, 0.2) is 36.4 Å². The Morgan fingerprint density at radius 3 is 2.38 bits per heavy atom. The molecule has 1 saturated heterocycles. The van der Waals surface area contributed by atoms with Crippen LogP contribution in [-0.4, -0.2) is 83.7 Å². The quantitative estimate of drug-likeness (QED) is 0.406. The van der Waals surface area contributed by atoms with Gasteiger partial charge in [0, 0.05) is 63.0 Å². The van der Waals surface area contributed by atoms with Crippen molar-refractivity contribution < 1.29 is 23.5 Å². The van der Waals surface area contributed by atoms with Gasteiger partial charge in [0.25, 0.3) is 17.6 Å². The lowest BCUT2D eigenvalue weighted by Crippen LogP contribution is -2.57. The van der Waals surface area contributed by atoms with Gasteiger partial charge in [-0.15, -0.1) is 0 Å². The Morgan fingerprint density at radius 1 is 1.08 bits per heavy atom. The number of hydrogen-bond donors (Lipinski definition) is 1. The van der Waals surface area contributed by atoms with Crippen molar-refractivity contribution in [3.8, 4) is 5.75 Å². The molecule has 8 nitrogen and oxygen atoms in total. The summed E-state index contributed by atoms with van der Waals surface area (Å²) in [4.78, 5) is 47.7. The maximum Gasteiger partial charge on any atom is 0.294 e. The van der Waals surface area contributed by atoms with Crippen LogP contribution < -0.4 is 4.74 Å². The number of carbonyl (C=O) groups is 3. The van der Waals surface area contributed by atoms with Crippen LogP contribution in [0, 0.1) is 12.7 Å². The molecule has 0 spiro atoms. The number of H-pyrrole nitrogens is 1. The number of methoxy groups -OCH3 is 1. The van der Waals surface area contributed by atoms with E-state index in [-0.39, 0.29) is 29.4 Å². The molecule has 2 heterocycles. The van der Waals surface area contributed by atoms with E-state index in [0.717, 1.165) is 5.56 Å². The fourth-order valence-electron chi connectivity index (χ4n) is 4.98. The molecular formula is C28H33FN4O4. The fourth-order valence-corrected chi connectivity index (χ4v) is 4.98. The van der Waals surface area contributed by atoms with Gasteiger partial charge < -0.3 is 19.5 Å². The summed E-state index contributed by atoms with van der Waals surface area (Å²) in [6, 6.07) is 9.81. The first-order valence-corrected chi connectivity index (χ1v) is 12.3. The SMILES string of the molecule is COc1cc2[nH]c(C)c(C(=O)C(=O)N(C)C)c2cc1C(=O)N1C[C@H](C)N(Cc2ccc(F)cc2)CC1C. The van der Waals surface area contributed by atoms with E-state index < -0.39 is 11.7 Å². The molecule has 1 N–H and O–H groups in total. The monoisotopic (exact) mass is 508 g/mol. The summed E-state index contributed by atoms with van der Waals surface area (Å²) in [5.74, 6) is -1.33. The first-order chi connectivity index (χ1) is 17.5. The van der Waals surface area contributed by atoms with Crippen molar-refractivity contribution in [3.05, 3.63) is 64.6 Å². The highest BCUT2D eigenvalue weighted by Crippen LogP contribution is 2.32. The fraction of sp³-hybridized carbons (Fsp3) is 0.393. The molecule has 2 amide bonds. The summed E-state index contributed by atoms with van der Waals surface area (Å²) in [5.41, 5.74) is 2.78. The van der Waals surface area contributed by atoms with Gasteiger partial charge in [-0.2, -0.15) is 0 Å². The van der Waals surface area contributed by atoms with Crippen molar-refractivity contribution in [1.29, 1.82) is 0 Å². The Hall–Kier alpha value is -3.72. The number of fused-ring (bicyclic) bond motifs is 1. The Bertz CT molecular complexity index is 1350. The molecular weight excluding hydrogens is 475 g/mol. The van der Waals surface area contributed by atoms with E-state index in [1.807, 2.05) is 11.8 Å². The molecule has 1 unspecified atom stereocenters. The minimum absolute atomic E-state index is 0.0734. The molecule has 2 aromatic carbocycles. The standard InChI is InChI=1S/C28H33FN4O4/c1-16-14-33(17(2)13-32(16)15-19-7-9-20(29)10-8-19)27(35)22-11-21-23(12-24(22)37-6)30-18(3)25(21)26(34)28(36)31(4)5/h7-12,16-17,30H,13-15H2,1-6H3/t16-,17?/m0/s1. The third kappa shape index (κ3) is 5.09. The number of nitrogens with one attached hydrogen (secondary N) is 1. The van der Waals surface area contributed by atoms with Gasteiger partial charge in [0.15, 0.2) is 0 Å². The molecule has 4 rings (SSSR count). The number of carbonyl (C=O) groups excluding carboxylic acids is 3. The molecule has 1 aliphatic heterocycles. The van der Waals surface area contributed by atoms with E-state index in [9.17, 15) is 18.8 Å². The number of benzene rings is 2. The van der Waals surface area contributed by atoms with E-state index in [1.165, 1.54) is 38.2 Å². The number of halogens is 1. The molecule has 0 aliphatic carbocycles. The molecule has 1 fully saturated rings. The predicted molar refractivity (Wildman–Crippen MR) is 139 cm³/mol. The van der Waals surface area contributed by atoms with Crippen LogP contribution in [0.5, 0.6) is 5.75 Å². The summed E-state index contributed by atoms with van der Waals surface area (Å²) in [5, 5.41) is 0.512. The van der Waals surface area contributed by atoms with Gasteiger partial charge in [-0.1, -0.05) is 12.1 Å². The number of Topliss-reactive ketones (excluding diaryl/α,β-unsaturated/α-hetero) is 1. The van der Waals surface area contributed by atoms with Gasteiger partial charge in [-0.25, -0.2) is 4.39 Å². The number of amides is 2. The lowest BCUT2D eigenvalue weighted by atomic mass is 10.0. The van der Waals surface area contributed by atoms with Crippen molar-refractivity contribution in [2.45, 2.75) is 39.4 Å². The third-order valence-electron chi connectivity index (χ3n) is 7.04. The lowest BCUT2D eigenvalue weighted by molar-refractivity contribution is -0.124. The number of rotatable bonds is 6. The number of ether oxygens (including phenoxy) is 1. The molecule has 1 aromatic heterocycles. The van der Waals surface area contributed by atoms with Crippen LogP contribution in [0.25, 0.3) is 10.9 Å². The van der Waals surface area contributed by atoms with Crippen LogP contribution in [0.1, 0.15) is 45.8 Å². The highest BCUT2D eigenvalue weighted by Gasteiger charge is 2.34. The number of piperazine rings is 1. The predicted octanol–water partition coefficient (Wildman–Crippen LogP) is 3.63. The average molecular weight is 509 g/mol. The van der Waals surface area contributed by atoms with Crippen LogP contribution in [0.3, 0.4) is 0 Å². The Balaban J connectivity index is 1.63. The molecule has 0 radical (unpaired) electrons. The number of aromatic amines is 1. The van der Waals surface area contributed by atoms with Crippen LogP contribution in [0.4, 0.5) is 4.39 Å². The van der Waals surface area contributed by atoms with Gasteiger partial charge in [0.1, 0.15) is 11.6 Å². The zero-order chi connectivity index (χ0) is 27.0. The zero-order valence-corrected chi connectivity index (χ0v) is 22.1. The van der Waals surface area contributed by atoms with E-state index >= 15 is 0 Å². The van der Waals surface area contributed by atoms with E-state index in [0.29, 0.717) is 47.5 Å². The number of aryl methyl sites for hydroxylation is 1. The molecule has 3 aromatic rings. The second-order valence-electron chi connectivity index (χ2n) is 9.96. The van der Waals surface area contributed by atoms with Crippen molar-refractivity contribution >= 4 is 28.5 Å². The summed E-state index contributed by atoms with van der Waals surface area (Å²) in [7, 11) is 4.56. The van der Waals surface area contributed by atoms with Crippen LogP contribution in [-0.2, 0) is 11.3 Å². The molecule has 196 valence electrons. The third-order valence-corrected chi connectivity index (χ3v) is 7.04. The first kappa shape index (κ1) is 26.3. The van der Waals surface area contributed by atoms with E-state index in [4.69, 9.17) is 4.74 Å². The second-order valence-corrected chi connectivity index (χ2v) is 9.96. The highest BCUT2D eigenvalue weighted by atomic mass is 19.1. The van der Waals surface area contributed by atoms with Gasteiger partial charge in [0.2, 0.25) is 0 Å². The summed E-state index contributed by atoms with van der Waals surface area (Å²) < 4.78 is 18.9. The van der Waals surface area contributed by atoms with Crippen molar-refractivity contribution in [1.82, 2.24) is 19.7 Å². The van der Waals surface area contributed by atoms with Gasteiger partial charge in [0.05, 0.1) is 23.8 Å². The zero-order valence-electron chi connectivity index (χ0n) is 22.1. The number of hydrogen-bond acceptors (Lipinski definition) is 5. The van der Waals surface area contributed by atoms with E-state index in [2.05, 4.69) is 16.8 Å². The van der Waals surface area contributed by atoms with Gasteiger partial charge in [-0.3, -0.25) is 19.3 Å². The van der Waals surface area contributed by atoms with Gasteiger partial charge in [-0.05, 0) is 44.5 Å². The maximum absolute atomic E-state index is 13.8. The smallest absolute Gasteiger partial charge is 0.294 e. The van der Waals surface area contributed by atoms with Crippen molar-refractivity contribution in [2.24, 2.45) is 0 Å². The van der Waals surface area contributed by atoms with Crippen molar-refractivity contribution in [2.75, 3.05) is 34.3 Å². The largest absolute Gasteiger partial charge is 0.496 e. The molecule has 2 atom stereocenters. The minimum atomic E-state index is -0.632. The Kier molecular flexibility index (Phi) is 7.36. The second kappa shape index (κ2) is 10.3. The average Bonchev–Trinajstić information content (AvgIpc) is 3.19. The summed E-state index contributed by atoms with van der Waals surface area (Å²) >= 11 is 0. The minimum Gasteiger partial charge on any atom is -0.496 e. The van der Waals surface area contributed by atoms with Crippen LogP contribution >= 0.6 is 0 Å². The number of nitrogens with zero attached hydrogens (tertiary/aromatic N) is 3. The molecule has 0 bridgehead atoms. The molecule has 9 heteroatoms. The summed E-state index contributed by atoms with van der Waals surface area (Å²) in [6.07, 6.45) is 0. The summed E-state index contributed by atoms with van der Waals surface area (Å²) in [6.45, 7) is 7.61. The normalized spacial score (nSPS) is 18.2. The Labute approximate surface area is 216 Å². The maximum atomic E-state index is 13.8. The van der Waals surface area contributed by atoms with Crippen molar-refractivity contribution in [3.63, 3.8) is 0 Å². The van der Waals surface area contributed by atoms with E-state index in [1.54, 1.807) is 31.2 Å². The molecule has 37 heavy (non-hydrogen) atoms. The van der Waals surface area contributed by atoms with Crippen LogP contribution in [0.2, 0.25) is 0 Å². The number of ketones is 1. The van der Waals surface area contributed by atoms with Gasteiger partial charge >= 0.3 is 0 Å². The lowest BCUT2D eigenvalue weighted by Gasteiger charge is -2.44. The topological polar surface area (TPSA) is 85.9 Å².